The van der Waals surface area contributed by atoms with Gasteiger partial charge in [-0.2, -0.15) is 0 Å². The van der Waals surface area contributed by atoms with Gasteiger partial charge in [0.1, 0.15) is 0 Å². The topological polar surface area (TPSA) is 20.3 Å². The first-order chi connectivity index (χ1) is 8.79. The molecular weight excluding hydrogens is 246 g/mol. The Kier molecular flexibility index (Phi) is 3.29. The first-order valence-corrected chi connectivity index (χ1v) is 7.26. The summed E-state index contributed by atoms with van der Waals surface area (Å²) in [4.78, 5) is 14.2. The number of halogens is 1. The maximum Gasteiger partial charge on any atom is 0.223 e. The number of alkyl halides is 1. The summed E-state index contributed by atoms with van der Waals surface area (Å²) in [6.07, 6.45) is 4.05. The van der Waals surface area contributed by atoms with Crippen LogP contribution in [0, 0.1) is 5.92 Å². The van der Waals surface area contributed by atoms with Gasteiger partial charge in [-0.05, 0) is 36.3 Å². The van der Waals surface area contributed by atoms with Crippen LogP contribution in [0.15, 0.2) is 24.3 Å². The largest absolute Gasteiger partial charge is 0.335 e. The van der Waals surface area contributed by atoms with Crippen LogP contribution in [0.2, 0.25) is 0 Å². The van der Waals surface area contributed by atoms with Crippen LogP contribution in [0.1, 0.15) is 36.4 Å². The zero-order valence-corrected chi connectivity index (χ0v) is 11.2. The van der Waals surface area contributed by atoms with Crippen molar-refractivity contribution >= 4 is 17.5 Å². The number of hydrogen-bond donors (Lipinski definition) is 0. The summed E-state index contributed by atoms with van der Waals surface area (Å²) < 4.78 is 0. The molecule has 1 aromatic rings. The quantitative estimate of drug-likeness (QED) is 0.751. The van der Waals surface area contributed by atoms with E-state index in [1.54, 1.807) is 0 Å². The van der Waals surface area contributed by atoms with Gasteiger partial charge in [0, 0.05) is 18.8 Å². The van der Waals surface area contributed by atoms with Gasteiger partial charge in [0.05, 0.1) is 6.04 Å². The van der Waals surface area contributed by atoms with Gasteiger partial charge in [-0.1, -0.05) is 24.3 Å². The highest BCUT2D eigenvalue weighted by atomic mass is 35.5. The fourth-order valence-corrected chi connectivity index (χ4v) is 3.47. The molecule has 0 radical (unpaired) electrons. The Hall–Kier alpha value is -1.02. The number of aryl methyl sites for hydroxylation is 1. The lowest BCUT2D eigenvalue weighted by atomic mass is 9.87. The molecule has 18 heavy (non-hydrogen) atoms. The van der Waals surface area contributed by atoms with Crippen molar-refractivity contribution in [2.75, 3.05) is 12.4 Å². The van der Waals surface area contributed by atoms with Crippen LogP contribution in [-0.2, 0) is 11.2 Å². The summed E-state index contributed by atoms with van der Waals surface area (Å²) in [5.41, 5.74) is 2.77. The molecule has 3 heteroatoms. The van der Waals surface area contributed by atoms with Crippen LogP contribution >= 0.6 is 11.6 Å². The second kappa shape index (κ2) is 4.93. The third-order valence-electron chi connectivity index (χ3n) is 4.17. The van der Waals surface area contributed by atoms with Crippen molar-refractivity contribution in [3.63, 3.8) is 0 Å². The van der Waals surface area contributed by atoms with Crippen LogP contribution in [0.5, 0.6) is 0 Å². The van der Waals surface area contributed by atoms with E-state index in [0.717, 1.165) is 19.4 Å². The van der Waals surface area contributed by atoms with Crippen LogP contribution in [0.25, 0.3) is 0 Å². The van der Waals surface area contributed by atoms with E-state index >= 15 is 0 Å². The Morgan fingerprint density at radius 3 is 2.94 bits per heavy atom. The zero-order chi connectivity index (χ0) is 12.5. The summed E-state index contributed by atoms with van der Waals surface area (Å²) in [5, 5.41) is 0. The lowest BCUT2D eigenvalue weighted by molar-refractivity contribution is -0.130. The molecule has 1 heterocycles. The second-order valence-electron chi connectivity index (χ2n) is 5.38. The highest BCUT2D eigenvalue weighted by molar-refractivity contribution is 6.18. The summed E-state index contributed by atoms with van der Waals surface area (Å²) in [7, 11) is 0. The monoisotopic (exact) mass is 263 g/mol. The Labute approximate surface area is 113 Å². The van der Waals surface area contributed by atoms with Crippen LogP contribution in [-0.4, -0.2) is 23.2 Å². The maximum absolute atomic E-state index is 12.1. The SMILES string of the molecule is O=C1CC(CCl)CN1C1CCCc2ccccc21. The molecular formula is C15H18ClNO. The first-order valence-electron chi connectivity index (χ1n) is 6.73. The Balaban J connectivity index is 1.88. The third-order valence-corrected chi connectivity index (χ3v) is 4.61. The van der Waals surface area contributed by atoms with Gasteiger partial charge >= 0.3 is 0 Å². The molecule has 1 aliphatic carbocycles. The highest BCUT2D eigenvalue weighted by Crippen LogP contribution is 2.37. The van der Waals surface area contributed by atoms with Crippen molar-refractivity contribution in [3.8, 4) is 0 Å². The number of benzene rings is 1. The lowest BCUT2D eigenvalue weighted by Crippen LogP contribution is -2.32. The molecule has 1 amide bonds. The lowest BCUT2D eigenvalue weighted by Gasteiger charge is -2.33. The predicted octanol–water partition coefficient (Wildman–Crippen LogP) is 3.15. The van der Waals surface area contributed by atoms with E-state index in [9.17, 15) is 4.79 Å². The smallest absolute Gasteiger partial charge is 0.223 e. The summed E-state index contributed by atoms with van der Waals surface area (Å²) in [6.45, 7) is 0.835. The average molecular weight is 264 g/mol. The number of nitrogens with zero attached hydrogens (tertiary/aromatic N) is 1. The van der Waals surface area contributed by atoms with E-state index in [-0.39, 0.29) is 11.9 Å². The fraction of sp³-hybridized carbons (Fsp3) is 0.533. The molecule has 0 aromatic heterocycles. The number of amides is 1. The Morgan fingerprint density at radius 1 is 1.33 bits per heavy atom. The minimum Gasteiger partial charge on any atom is -0.335 e. The third kappa shape index (κ3) is 2.03. The number of likely N-dealkylation sites (tertiary alicyclic amines) is 1. The minimum atomic E-state index is 0.280. The Morgan fingerprint density at radius 2 is 2.17 bits per heavy atom. The highest BCUT2D eigenvalue weighted by Gasteiger charge is 2.36. The summed E-state index contributed by atoms with van der Waals surface area (Å²) in [6, 6.07) is 8.84. The van der Waals surface area contributed by atoms with Crippen LogP contribution in [0.3, 0.4) is 0 Å². The van der Waals surface area contributed by atoms with E-state index in [0.29, 0.717) is 18.2 Å². The van der Waals surface area contributed by atoms with Crippen LogP contribution in [0.4, 0.5) is 0 Å². The number of rotatable bonds is 2. The van der Waals surface area contributed by atoms with Crippen molar-refractivity contribution in [1.82, 2.24) is 4.90 Å². The van der Waals surface area contributed by atoms with Crippen LogP contribution < -0.4 is 0 Å². The van der Waals surface area contributed by atoms with Gasteiger partial charge < -0.3 is 4.90 Å². The molecule has 0 N–H and O–H groups in total. The van der Waals surface area contributed by atoms with Gasteiger partial charge in [-0.25, -0.2) is 0 Å². The molecule has 0 saturated carbocycles. The molecule has 2 aliphatic rings. The van der Waals surface area contributed by atoms with E-state index in [2.05, 4.69) is 29.2 Å². The summed E-state index contributed by atoms with van der Waals surface area (Å²) >= 11 is 5.90. The minimum absolute atomic E-state index is 0.280. The molecule has 2 unspecified atom stereocenters. The number of carbonyl (C=O) groups is 1. The summed E-state index contributed by atoms with van der Waals surface area (Å²) in [5.74, 6) is 1.21. The van der Waals surface area contributed by atoms with E-state index in [1.165, 1.54) is 17.5 Å². The second-order valence-corrected chi connectivity index (χ2v) is 5.69. The fourth-order valence-electron chi connectivity index (χ4n) is 3.27. The van der Waals surface area contributed by atoms with Gasteiger partial charge in [0.15, 0.2) is 0 Å². The van der Waals surface area contributed by atoms with Gasteiger partial charge in [-0.3, -0.25) is 4.79 Å². The van der Waals surface area contributed by atoms with Gasteiger partial charge in [0.2, 0.25) is 5.91 Å². The van der Waals surface area contributed by atoms with Gasteiger partial charge in [-0.15, -0.1) is 11.6 Å². The molecule has 2 nitrogen and oxygen atoms in total. The number of hydrogen-bond acceptors (Lipinski definition) is 1. The molecule has 1 saturated heterocycles. The predicted molar refractivity (Wildman–Crippen MR) is 72.7 cm³/mol. The first kappa shape index (κ1) is 12.0. The van der Waals surface area contributed by atoms with Crippen molar-refractivity contribution in [3.05, 3.63) is 35.4 Å². The Bertz CT molecular complexity index is 460. The van der Waals surface area contributed by atoms with Gasteiger partial charge in [0.25, 0.3) is 0 Å². The average Bonchev–Trinajstić information content (AvgIpc) is 2.79. The normalized spacial score (nSPS) is 27.4. The molecule has 1 fully saturated rings. The maximum atomic E-state index is 12.1. The molecule has 1 aliphatic heterocycles. The molecule has 0 bridgehead atoms. The van der Waals surface area contributed by atoms with Crippen molar-refractivity contribution in [1.29, 1.82) is 0 Å². The van der Waals surface area contributed by atoms with E-state index in [1.807, 2.05) is 0 Å². The van der Waals surface area contributed by atoms with Crippen molar-refractivity contribution in [2.24, 2.45) is 5.92 Å². The molecule has 2 atom stereocenters. The standard InChI is InChI=1S/C15H18ClNO/c16-9-11-8-15(18)17(10-11)14-7-3-5-12-4-1-2-6-13(12)14/h1-2,4,6,11,14H,3,5,7-10H2. The van der Waals surface area contributed by atoms with E-state index in [4.69, 9.17) is 11.6 Å². The molecule has 96 valence electrons. The van der Waals surface area contributed by atoms with Crippen molar-refractivity contribution < 1.29 is 4.79 Å². The zero-order valence-electron chi connectivity index (χ0n) is 10.4. The molecule has 1 aromatic carbocycles. The molecule has 3 rings (SSSR count). The van der Waals surface area contributed by atoms with Crippen molar-refractivity contribution in [2.45, 2.75) is 31.7 Å². The number of fused-ring (bicyclic) bond motifs is 1. The number of carbonyl (C=O) groups excluding carboxylic acids is 1. The molecule has 0 spiro atoms. The van der Waals surface area contributed by atoms with E-state index < -0.39 is 0 Å².